The van der Waals surface area contributed by atoms with Crippen LogP contribution in [0.5, 0.6) is 0 Å². The number of hydrogen-bond donors (Lipinski definition) is 1. The first-order chi connectivity index (χ1) is 9.37. The molecule has 1 aromatic rings. The molecule has 0 amide bonds. The number of sulfonamides is 1. The summed E-state index contributed by atoms with van der Waals surface area (Å²) in [6.07, 6.45) is 1.63. The van der Waals surface area contributed by atoms with Crippen molar-refractivity contribution >= 4 is 45.6 Å². The third kappa shape index (κ3) is 3.81. The van der Waals surface area contributed by atoms with E-state index in [4.69, 9.17) is 28.9 Å². The summed E-state index contributed by atoms with van der Waals surface area (Å²) in [6, 6.07) is 2.43. The third-order valence-corrected chi connectivity index (χ3v) is 6.11. The van der Waals surface area contributed by atoms with Crippen LogP contribution in [0.15, 0.2) is 17.0 Å². The zero-order chi connectivity index (χ0) is 14.9. The smallest absolute Gasteiger partial charge is 0.244 e. The maximum Gasteiger partial charge on any atom is 0.244 e. The fraction of sp³-hybridized carbons (Fsp3) is 0.500. The normalized spacial score (nSPS) is 20.1. The second-order valence-electron chi connectivity index (χ2n) is 4.78. The van der Waals surface area contributed by atoms with Crippen LogP contribution in [0.1, 0.15) is 12.8 Å². The van der Waals surface area contributed by atoms with E-state index in [1.54, 1.807) is 0 Å². The monoisotopic (exact) mass is 376 g/mol. The van der Waals surface area contributed by atoms with Crippen molar-refractivity contribution < 1.29 is 12.8 Å². The highest BCUT2D eigenvalue weighted by Crippen LogP contribution is 2.32. The number of rotatable bonds is 3. The number of nitrogens with zero attached hydrogens (tertiary/aromatic N) is 1. The molecule has 1 heterocycles. The molecule has 21 heavy (non-hydrogen) atoms. The Labute approximate surface area is 139 Å². The zero-order valence-electron chi connectivity index (χ0n) is 11.1. The molecule has 4 nitrogen and oxygen atoms in total. The van der Waals surface area contributed by atoms with Crippen LogP contribution in [0.4, 0.5) is 4.39 Å². The lowest BCUT2D eigenvalue weighted by atomic mass is 10.0. The highest BCUT2D eigenvalue weighted by molar-refractivity contribution is 7.89. The highest BCUT2D eigenvalue weighted by atomic mass is 35.5. The molecule has 120 valence electrons. The summed E-state index contributed by atoms with van der Waals surface area (Å²) in [5.74, 6) is -0.795. The van der Waals surface area contributed by atoms with Crippen LogP contribution in [0, 0.1) is 11.7 Å². The number of nitrogens with two attached hydrogens (primary N) is 1. The summed E-state index contributed by atoms with van der Waals surface area (Å²) in [6.45, 7) is 1.15. The van der Waals surface area contributed by atoms with E-state index in [2.05, 4.69) is 0 Å². The first-order valence-corrected chi connectivity index (χ1v) is 8.41. The minimum absolute atomic E-state index is 0. The maximum atomic E-state index is 13.7. The molecule has 0 aliphatic carbocycles. The molecule has 1 atom stereocenters. The molecular weight excluding hydrogens is 362 g/mol. The first-order valence-electron chi connectivity index (χ1n) is 6.21. The number of hydrogen-bond acceptors (Lipinski definition) is 3. The summed E-state index contributed by atoms with van der Waals surface area (Å²) in [5, 5.41) is -0.667. The zero-order valence-corrected chi connectivity index (χ0v) is 14.2. The number of benzene rings is 1. The molecular formula is C12H16Cl3FN2O2S. The predicted octanol–water partition coefficient (Wildman–Crippen LogP) is 2.91. The van der Waals surface area contributed by atoms with Crippen molar-refractivity contribution in [2.24, 2.45) is 11.7 Å². The molecule has 0 spiro atoms. The van der Waals surface area contributed by atoms with Crippen LogP contribution in [-0.4, -0.2) is 32.4 Å². The molecule has 9 heteroatoms. The Kier molecular flexibility index (Phi) is 6.71. The van der Waals surface area contributed by atoms with Gasteiger partial charge < -0.3 is 5.73 Å². The van der Waals surface area contributed by atoms with Gasteiger partial charge in [0.15, 0.2) is 5.82 Å². The van der Waals surface area contributed by atoms with Gasteiger partial charge in [-0.05, 0) is 37.4 Å². The average Bonchev–Trinajstić information content (AvgIpc) is 2.44. The molecule has 2 rings (SSSR count). The molecule has 1 aromatic carbocycles. The lowest BCUT2D eigenvalue weighted by Crippen LogP contribution is -2.42. The summed E-state index contributed by atoms with van der Waals surface area (Å²) in [7, 11) is -3.83. The van der Waals surface area contributed by atoms with Gasteiger partial charge in [-0.1, -0.05) is 23.2 Å². The molecule has 1 unspecified atom stereocenters. The Bertz CT molecular complexity index is 613. The van der Waals surface area contributed by atoms with E-state index < -0.39 is 20.9 Å². The Hall–Kier alpha value is -0.110. The van der Waals surface area contributed by atoms with Gasteiger partial charge in [-0.2, -0.15) is 4.31 Å². The first kappa shape index (κ1) is 18.9. The van der Waals surface area contributed by atoms with Crippen LogP contribution in [0.2, 0.25) is 10.0 Å². The predicted molar refractivity (Wildman–Crippen MR) is 84.2 cm³/mol. The van der Waals surface area contributed by atoms with Gasteiger partial charge in [-0.25, -0.2) is 12.8 Å². The van der Waals surface area contributed by atoms with Crippen molar-refractivity contribution in [3.63, 3.8) is 0 Å². The third-order valence-electron chi connectivity index (χ3n) is 3.43. The Balaban J connectivity index is 0.00000220. The van der Waals surface area contributed by atoms with Crippen molar-refractivity contribution in [1.29, 1.82) is 0 Å². The minimum atomic E-state index is -3.83. The van der Waals surface area contributed by atoms with Gasteiger partial charge in [0.25, 0.3) is 0 Å². The molecule has 0 aromatic heterocycles. The van der Waals surface area contributed by atoms with Crippen LogP contribution >= 0.6 is 35.6 Å². The molecule has 1 saturated heterocycles. The van der Waals surface area contributed by atoms with E-state index in [0.29, 0.717) is 19.6 Å². The minimum Gasteiger partial charge on any atom is -0.330 e. The Morgan fingerprint density at radius 1 is 1.38 bits per heavy atom. The fourth-order valence-electron chi connectivity index (χ4n) is 2.28. The summed E-state index contributed by atoms with van der Waals surface area (Å²) in [5.41, 5.74) is 5.60. The SMILES string of the molecule is Cl.NCC1CCCN(S(=O)(=O)c2ccc(Cl)c(F)c2Cl)C1. The second-order valence-corrected chi connectivity index (χ2v) is 7.47. The largest absolute Gasteiger partial charge is 0.330 e. The van der Waals surface area contributed by atoms with E-state index in [0.717, 1.165) is 12.8 Å². The summed E-state index contributed by atoms with van der Waals surface area (Å²) < 4.78 is 40.0. The van der Waals surface area contributed by atoms with E-state index in [1.807, 2.05) is 0 Å². The molecule has 1 aliphatic heterocycles. The molecule has 1 fully saturated rings. The van der Waals surface area contributed by atoms with Gasteiger partial charge in [0.1, 0.15) is 4.90 Å². The number of halogens is 4. The van der Waals surface area contributed by atoms with Gasteiger partial charge in [-0.3, -0.25) is 0 Å². The van der Waals surface area contributed by atoms with E-state index in [-0.39, 0.29) is 28.2 Å². The summed E-state index contributed by atoms with van der Waals surface area (Å²) in [4.78, 5) is -0.251. The fourth-order valence-corrected chi connectivity index (χ4v) is 4.56. The Morgan fingerprint density at radius 2 is 2.05 bits per heavy atom. The van der Waals surface area contributed by atoms with Crippen LogP contribution in [0.3, 0.4) is 0 Å². The van der Waals surface area contributed by atoms with Gasteiger partial charge in [0, 0.05) is 13.1 Å². The Morgan fingerprint density at radius 3 is 2.67 bits per heavy atom. The van der Waals surface area contributed by atoms with Crippen molar-refractivity contribution in [3.05, 3.63) is 28.0 Å². The molecule has 0 radical (unpaired) electrons. The second kappa shape index (κ2) is 7.44. The van der Waals surface area contributed by atoms with Gasteiger partial charge in [0.2, 0.25) is 10.0 Å². The van der Waals surface area contributed by atoms with Crippen LogP contribution in [0.25, 0.3) is 0 Å². The summed E-state index contributed by atoms with van der Waals surface area (Å²) >= 11 is 11.4. The van der Waals surface area contributed by atoms with Crippen molar-refractivity contribution in [1.82, 2.24) is 4.31 Å². The van der Waals surface area contributed by atoms with E-state index in [1.165, 1.54) is 16.4 Å². The van der Waals surface area contributed by atoms with E-state index in [9.17, 15) is 12.8 Å². The van der Waals surface area contributed by atoms with E-state index >= 15 is 0 Å². The lowest BCUT2D eigenvalue weighted by Gasteiger charge is -2.31. The van der Waals surface area contributed by atoms with Crippen LogP contribution in [-0.2, 0) is 10.0 Å². The average molecular weight is 378 g/mol. The van der Waals surface area contributed by atoms with Gasteiger partial charge >= 0.3 is 0 Å². The molecule has 0 bridgehead atoms. The van der Waals surface area contributed by atoms with Gasteiger partial charge in [-0.15, -0.1) is 12.4 Å². The molecule has 0 saturated carbocycles. The van der Waals surface area contributed by atoms with Crippen molar-refractivity contribution in [3.8, 4) is 0 Å². The standard InChI is InChI=1S/C12H15Cl2FN2O2S.ClH/c13-9-3-4-10(11(14)12(9)15)20(18,19)17-5-1-2-8(6-16)7-17;/h3-4,8H,1-2,5-7,16H2;1H. The quantitative estimate of drug-likeness (QED) is 0.824. The molecule has 1 aliphatic rings. The molecule has 2 N–H and O–H groups in total. The van der Waals surface area contributed by atoms with Crippen molar-refractivity contribution in [2.45, 2.75) is 17.7 Å². The van der Waals surface area contributed by atoms with Crippen LogP contribution < -0.4 is 5.73 Å². The maximum absolute atomic E-state index is 13.7. The van der Waals surface area contributed by atoms with Crippen molar-refractivity contribution in [2.75, 3.05) is 19.6 Å². The lowest BCUT2D eigenvalue weighted by molar-refractivity contribution is 0.271. The van der Waals surface area contributed by atoms with Gasteiger partial charge in [0.05, 0.1) is 10.0 Å². The number of piperidine rings is 1. The highest BCUT2D eigenvalue weighted by Gasteiger charge is 2.32. The topological polar surface area (TPSA) is 63.4 Å².